The van der Waals surface area contributed by atoms with Crippen LogP contribution in [0.15, 0.2) is 59.8 Å². The van der Waals surface area contributed by atoms with Gasteiger partial charge in [-0.25, -0.2) is 4.98 Å². The molecule has 4 nitrogen and oxygen atoms in total. The SMILES string of the molecule is CCc1ccc(-c2nc(SCC(C)(OC)c3ccccc3)n[nH]2)cc1. The predicted molar refractivity (Wildman–Crippen MR) is 103 cm³/mol. The van der Waals surface area contributed by atoms with Crippen molar-refractivity contribution in [2.45, 2.75) is 31.0 Å². The molecular weight excluding hydrogens is 330 g/mol. The number of rotatable bonds is 7. The van der Waals surface area contributed by atoms with E-state index in [4.69, 9.17) is 4.74 Å². The van der Waals surface area contributed by atoms with Crippen molar-refractivity contribution in [3.63, 3.8) is 0 Å². The van der Waals surface area contributed by atoms with E-state index in [-0.39, 0.29) is 5.60 Å². The van der Waals surface area contributed by atoms with Crippen LogP contribution in [0.25, 0.3) is 11.4 Å². The molecule has 1 atom stereocenters. The van der Waals surface area contributed by atoms with Gasteiger partial charge in [0.1, 0.15) is 0 Å². The van der Waals surface area contributed by atoms with Crippen LogP contribution in [0.1, 0.15) is 25.0 Å². The van der Waals surface area contributed by atoms with Crippen LogP contribution in [0, 0.1) is 0 Å². The molecule has 0 radical (unpaired) electrons. The number of nitrogens with zero attached hydrogens (tertiary/aromatic N) is 2. The van der Waals surface area contributed by atoms with Crippen molar-refractivity contribution < 1.29 is 4.74 Å². The molecule has 5 heteroatoms. The number of methoxy groups -OCH3 is 1. The van der Waals surface area contributed by atoms with E-state index in [2.05, 4.69) is 65.4 Å². The average molecular weight is 353 g/mol. The number of benzene rings is 2. The van der Waals surface area contributed by atoms with Gasteiger partial charge in [-0.1, -0.05) is 73.3 Å². The minimum Gasteiger partial charge on any atom is -0.373 e. The number of hydrogen-bond acceptors (Lipinski definition) is 4. The topological polar surface area (TPSA) is 50.8 Å². The second kappa shape index (κ2) is 7.85. The number of H-pyrrole nitrogens is 1. The quantitative estimate of drug-likeness (QED) is 0.626. The molecule has 1 N–H and O–H groups in total. The Labute approximate surface area is 153 Å². The summed E-state index contributed by atoms with van der Waals surface area (Å²) in [6, 6.07) is 18.7. The summed E-state index contributed by atoms with van der Waals surface area (Å²) in [5.74, 6) is 1.53. The third-order valence-electron chi connectivity index (χ3n) is 4.41. The fourth-order valence-electron chi connectivity index (χ4n) is 2.59. The predicted octanol–water partition coefficient (Wildman–Crippen LogP) is 4.69. The first kappa shape index (κ1) is 17.7. The molecule has 3 aromatic rings. The molecule has 0 spiro atoms. The highest BCUT2D eigenvalue weighted by Crippen LogP contribution is 2.31. The molecule has 0 aliphatic rings. The van der Waals surface area contributed by atoms with Crippen molar-refractivity contribution >= 4 is 11.8 Å². The van der Waals surface area contributed by atoms with Crippen LogP contribution >= 0.6 is 11.8 Å². The average Bonchev–Trinajstić information content (AvgIpc) is 3.16. The second-order valence-corrected chi connectivity index (χ2v) is 7.05. The molecule has 0 amide bonds. The highest BCUT2D eigenvalue weighted by Gasteiger charge is 2.27. The third kappa shape index (κ3) is 4.11. The summed E-state index contributed by atoms with van der Waals surface area (Å²) in [7, 11) is 1.74. The molecule has 1 unspecified atom stereocenters. The first-order valence-corrected chi connectivity index (χ1v) is 9.38. The zero-order valence-corrected chi connectivity index (χ0v) is 15.6. The lowest BCUT2D eigenvalue weighted by molar-refractivity contribution is 0.0237. The van der Waals surface area contributed by atoms with Gasteiger partial charge in [0.15, 0.2) is 5.82 Å². The Hall–Kier alpha value is -2.11. The highest BCUT2D eigenvalue weighted by atomic mass is 32.2. The van der Waals surface area contributed by atoms with Crippen molar-refractivity contribution in [1.82, 2.24) is 15.2 Å². The zero-order valence-electron chi connectivity index (χ0n) is 14.8. The van der Waals surface area contributed by atoms with Gasteiger partial charge in [0.2, 0.25) is 5.16 Å². The van der Waals surface area contributed by atoms with E-state index < -0.39 is 0 Å². The third-order valence-corrected chi connectivity index (χ3v) is 5.55. The van der Waals surface area contributed by atoms with Crippen molar-refractivity contribution in [3.8, 4) is 11.4 Å². The fourth-order valence-corrected chi connectivity index (χ4v) is 3.55. The van der Waals surface area contributed by atoms with E-state index in [9.17, 15) is 0 Å². The Morgan fingerprint density at radius 1 is 1.08 bits per heavy atom. The molecule has 0 bridgehead atoms. The lowest BCUT2D eigenvalue weighted by Gasteiger charge is -2.27. The summed E-state index contributed by atoms with van der Waals surface area (Å²) in [5, 5.41) is 8.10. The van der Waals surface area contributed by atoms with E-state index in [1.807, 2.05) is 18.2 Å². The van der Waals surface area contributed by atoms with Crippen molar-refractivity contribution in [1.29, 1.82) is 0 Å². The van der Waals surface area contributed by atoms with Gasteiger partial charge < -0.3 is 4.74 Å². The van der Waals surface area contributed by atoms with Crippen LogP contribution in [0.3, 0.4) is 0 Å². The summed E-state index contributed by atoms with van der Waals surface area (Å²) in [5.41, 5.74) is 3.14. The molecule has 2 aromatic carbocycles. The summed E-state index contributed by atoms with van der Waals surface area (Å²) in [6.07, 6.45) is 1.03. The molecular formula is C20H23N3OS. The minimum absolute atomic E-state index is 0.379. The molecule has 0 fully saturated rings. The summed E-state index contributed by atoms with van der Waals surface area (Å²) < 4.78 is 5.78. The summed E-state index contributed by atoms with van der Waals surface area (Å²) in [6.45, 7) is 4.24. The first-order valence-electron chi connectivity index (χ1n) is 8.40. The van der Waals surface area contributed by atoms with E-state index >= 15 is 0 Å². The van der Waals surface area contributed by atoms with Gasteiger partial charge in [0.25, 0.3) is 0 Å². The number of nitrogens with one attached hydrogen (secondary N) is 1. The molecule has 25 heavy (non-hydrogen) atoms. The normalized spacial score (nSPS) is 13.6. The lowest BCUT2D eigenvalue weighted by Crippen LogP contribution is -2.27. The van der Waals surface area contributed by atoms with E-state index in [1.165, 1.54) is 5.56 Å². The highest BCUT2D eigenvalue weighted by molar-refractivity contribution is 7.99. The largest absolute Gasteiger partial charge is 0.373 e. The molecule has 130 valence electrons. The van der Waals surface area contributed by atoms with Gasteiger partial charge in [0, 0.05) is 18.4 Å². The molecule has 0 saturated heterocycles. The van der Waals surface area contributed by atoms with Crippen LogP contribution in [0.4, 0.5) is 0 Å². The van der Waals surface area contributed by atoms with E-state index in [0.717, 1.165) is 34.3 Å². The van der Waals surface area contributed by atoms with Gasteiger partial charge in [-0.3, -0.25) is 5.10 Å². The van der Waals surface area contributed by atoms with E-state index in [0.29, 0.717) is 0 Å². The molecule has 0 aliphatic carbocycles. The van der Waals surface area contributed by atoms with Gasteiger partial charge >= 0.3 is 0 Å². The number of aromatic nitrogens is 3. The number of thioether (sulfide) groups is 1. The molecule has 1 heterocycles. The summed E-state index contributed by atoms with van der Waals surface area (Å²) in [4.78, 5) is 4.61. The van der Waals surface area contributed by atoms with Crippen molar-refractivity contribution in [3.05, 3.63) is 65.7 Å². The van der Waals surface area contributed by atoms with Gasteiger partial charge in [-0.05, 0) is 24.5 Å². The molecule has 1 aromatic heterocycles. The van der Waals surface area contributed by atoms with Crippen LogP contribution in [-0.4, -0.2) is 28.0 Å². The van der Waals surface area contributed by atoms with Crippen molar-refractivity contribution in [2.24, 2.45) is 0 Å². The van der Waals surface area contributed by atoms with Gasteiger partial charge in [0.05, 0.1) is 5.60 Å². The van der Waals surface area contributed by atoms with E-state index in [1.54, 1.807) is 18.9 Å². The second-order valence-electron chi connectivity index (χ2n) is 6.11. The molecule has 3 rings (SSSR count). The number of ether oxygens (including phenoxy) is 1. The van der Waals surface area contributed by atoms with Crippen LogP contribution in [-0.2, 0) is 16.8 Å². The Balaban J connectivity index is 1.70. The molecule has 0 saturated carbocycles. The standard InChI is InChI=1S/C20H23N3OS/c1-4-15-10-12-16(13-11-15)18-21-19(23-22-18)25-14-20(2,24-3)17-8-6-5-7-9-17/h5-13H,4,14H2,1-3H3,(H,21,22,23). The monoisotopic (exact) mass is 353 g/mol. The lowest BCUT2D eigenvalue weighted by atomic mass is 9.98. The van der Waals surface area contributed by atoms with Crippen LogP contribution in [0.5, 0.6) is 0 Å². The number of aryl methyl sites for hydroxylation is 1. The van der Waals surface area contributed by atoms with Gasteiger partial charge in [-0.2, -0.15) is 0 Å². The Bertz CT molecular complexity index is 801. The Morgan fingerprint density at radius 3 is 2.44 bits per heavy atom. The van der Waals surface area contributed by atoms with Crippen LogP contribution < -0.4 is 0 Å². The Kier molecular flexibility index (Phi) is 5.56. The Morgan fingerprint density at radius 2 is 1.80 bits per heavy atom. The van der Waals surface area contributed by atoms with Crippen LogP contribution in [0.2, 0.25) is 0 Å². The molecule has 0 aliphatic heterocycles. The number of aromatic amines is 1. The maximum absolute atomic E-state index is 5.78. The maximum atomic E-state index is 5.78. The zero-order chi connectivity index (χ0) is 17.7. The summed E-state index contributed by atoms with van der Waals surface area (Å²) >= 11 is 1.59. The van der Waals surface area contributed by atoms with Crippen molar-refractivity contribution in [2.75, 3.05) is 12.9 Å². The smallest absolute Gasteiger partial charge is 0.208 e. The number of hydrogen-bond donors (Lipinski definition) is 1. The first-order chi connectivity index (χ1) is 12.1. The van der Waals surface area contributed by atoms with Gasteiger partial charge in [-0.15, -0.1) is 5.10 Å². The maximum Gasteiger partial charge on any atom is 0.208 e. The fraction of sp³-hybridized carbons (Fsp3) is 0.300. The minimum atomic E-state index is -0.379.